The maximum atomic E-state index is 2.51. The lowest BCUT2D eigenvalue weighted by Crippen LogP contribution is -2.25. The normalized spacial score (nSPS) is 14.5. The molecule has 1 nitrogen and oxygen atoms in total. The van der Waals surface area contributed by atoms with E-state index >= 15 is 0 Å². The highest BCUT2D eigenvalue weighted by molar-refractivity contribution is 6.25. The molecule has 0 aliphatic heterocycles. The molecular formula is C45H35N. The predicted molar refractivity (Wildman–Crippen MR) is 198 cm³/mol. The molecule has 0 bridgehead atoms. The van der Waals surface area contributed by atoms with Crippen LogP contribution in [0.5, 0.6) is 0 Å². The molecule has 46 heavy (non-hydrogen) atoms. The zero-order valence-corrected chi connectivity index (χ0v) is 26.7. The Balaban J connectivity index is 1.44. The van der Waals surface area contributed by atoms with E-state index in [1.54, 1.807) is 0 Å². The fourth-order valence-corrected chi connectivity index (χ4v) is 8.28. The van der Waals surface area contributed by atoms with Crippen molar-refractivity contribution < 1.29 is 0 Å². The Bertz CT molecular complexity index is 2670. The number of nitrogens with zero attached hydrogens (tertiary/aromatic N) is 1. The van der Waals surface area contributed by atoms with Gasteiger partial charge in [-0.2, -0.15) is 0 Å². The standard InChI is InChI=1S/C45H35N/c1-5-28-22-24-39-42(35(28)6-2)44-40(27-33-15-12-18-38-41(33)43(44)36-16-10-11-17-37(36)45(38,3)4)46(39)34-23-21-31-25-30(19-20-32(31)26-34)29-13-8-7-9-14-29/h5-27H,1-4H3/b28-5-,35-6+. The molecule has 1 aromatic heterocycles. The lowest BCUT2D eigenvalue weighted by molar-refractivity contribution is 0.645. The van der Waals surface area contributed by atoms with E-state index in [0.717, 1.165) is 0 Å². The van der Waals surface area contributed by atoms with Crippen LogP contribution in [0.1, 0.15) is 38.8 Å². The molecule has 0 spiro atoms. The highest BCUT2D eigenvalue weighted by atomic mass is 15.0. The largest absolute Gasteiger partial charge is 0.309 e. The molecule has 0 atom stereocenters. The van der Waals surface area contributed by atoms with Crippen molar-refractivity contribution in [1.82, 2.24) is 4.57 Å². The summed E-state index contributed by atoms with van der Waals surface area (Å²) in [6.45, 7) is 9.09. The summed E-state index contributed by atoms with van der Waals surface area (Å²) < 4.78 is 2.51. The fraction of sp³-hybridized carbons (Fsp3) is 0.111. The molecule has 1 aliphatic rings. The van der Waals surface area contributed by atoms with Crippen LogP contribution in [0.4, 0.5) is 0 Å². The van der Waals surface area contributed by atoms with Crippen molar-refractivity contribution in [3.63, 3.8) is 0 Å². The van der Waals surface area contributed by atoms with E-state index in [1.165, 1.54) is 92.9 Å². The highest BCUT2D eigenvalue weighted by Gasteiger charge is 2.35. The number of hydrogen-bond acceptors (Lipinski definition) is 0. The molecule has 1 aliphatic carbocycles. The van der Waals surface area contributed by atoms with Gasteiger partial charge in [0.05, 0.1) is 11.0 Å². The molecule has 7 aromatic carbocycles. The summed E-state index contributed by atoms with van der Waals surface area (Å²) in [5, 5.41) is 10.4. The SMILES string of the molecule is C/C=c1/ccc2c(/c1=C/C)c1c3c4c(cccc4cc1n2-c1ccc2cc(-c4ccccc4)ccc2c1)C(C)(C)c1ccccc1-3. The van der Waals surface area contributed by atoms with E-state index < -0.39 is 0 Å². The van der Waals surface area contributed by atoms with Crippen LogP contribution in [0.15, 0.2) is 127 Å². The van der Waals surface area contributed by atoms with E-state index in [9.17, 15) is 0 Å². The number of fused-ring (bicyclic) bond motifs is 7. The molecule has 220 valence electrons. The molecule has 0 amide bonds. The van der Waals surface area contributed by atoms with Gasteiger partial charge in [-0.1, -0.05) is 123 Å². The molecule has 0 saturated carbocycles. The van der Waals surface area contributed by atoms with Gasteiger partial charge in [0.15, 0.2) is 0 Å². The second kappa shape index (κ2) is 9.80. The van der Waals surface area contributed by atoms with E-state index in [2.05, 4.69) is 172 Å². The van der Waals surface area contributed by atoms with Crippen molar-refractivity contribution in [2.75, 3.05) is 0 Å². The Kier molecular flexibility index (Phi) is 5.74. The lowest BCUT2D eigenvalue weighted by atomic mass is 9.68. The first-order valence-electron chi connectivity index (χ1n) is 16.3. The Labute approximate surface area is 269 Å². The van der Waals surface area contributed by atoms with Crippen molar-refractivity contribution in [1.29, 1.82) is 0 Å². The van der Waals surface area contributed by atoms with Crippen molar-refractivity contribution in [2.45, 2.75) is 33.1 Å². The van der Waals surface area contributed by atoms with Gasteiger partial charge in [0.2, 0.25) is 0 Å². The summed E-state index contributed by atoms with van der Waals surface area (Å²) in [5.74, 6) is 0. The van der Waals surface area contributed by atoms with Crippen molar-refractivity contribution >= 4 is 55.5 Å². The topological polar surface area (TPSA) is 4.93 Å². The maximum Gasteiger partial charge on any atom is 0.0553 e. The third-order valence-corrected chi connectivity index (χ3v) is 10.5. The van der Waals surface area contributed by atoms with E-state index in [4.69, 9.17) is 0 Å². The zero-order chi connectivity index (χ0) is 31.2. The molecular weight excluding hydrogens is 555 g/mol. The Morgan fingerprint density at radius 1 is 0.522 bits per heavy atom. The molecule has 0 saturated heterocycles. The minimum absolute atomic E-state index is 0.0891. The number of hydrogen-bond donors (Lipinski definition) is 0. The molecule has 1 heterocycles. The second-order valence-electron chi connectivity index (χ2n) is 13.2. The summed E-state index contributed by atoms with van der Waals surface area (Å²) >= 11 is 0. The maximum absolute atomic E-state index is 2.51. The van der Waals surface area contributed by atoms with E-state index in [0.29, 0.717) is 0 Å². The third-order valence-electron chi connectivity index (χ3n) is 10.5. The smallest absolute Gasteiger partial charge is 0.0553 e. The molecule has 8 aromatic rings. The Hall–Kier alpha value is -5.40. The summed E-state index contributed by atoms with van der Waals surface area (Å²) in [6.07, 6.45) is 4.54. The van der Waals surface area contributed by atoms with Crippen LogP contribution in [-0.2, 0) is 5.41 Å². The van der Waals surface area contributed by atoms with Crippen LogP contribution >= 0.6 is 0 Å². The summed E-state index contributed by atoms with van der Waals surface area (Å²) in [7, 11) is 0. The number of aromatic nitrogens is 1. The second-order valence-corrected chi connectivity index (χ2v) is 13.2. The first-order valence-corrected chi connectivity index (χ1v) is 16.3. The molecule has 0 radical (unpaired) electrons. The van der Waals surface area contributed by atoms with Crippen LogP contribution in [0.2, 0.25) is 0 Å². The van der Waals surface area contributed by atoms with Gasteiger partial charge in [0, 0.05) is 27.4 Å². The number of rotatable bonds is 2. The lowest BCUT2D eigenvalue weighted by Gasteiger charge is -2.35. The van der Waals surface area contributed by atoms with Crippen molar-refractivity contribution in [3.05, 3.63) is 149 Å². The molecule has 0 unspecified atom stereocenters. The fourth-order valence-electron chi connectivity index (χ4n) is 8.28. The average molecular weight is 590 g/mol. The van der Waals surface area contributed by atoms with Crippen LogP contribution in [-0.4, -0.2) is 4.57 Å². The van der Waals surface area contributed by atoms with E-state index in [1.807, 2.05) is 0 Å². The monoisotopic (exact) mass is 589 g/mol. The summed E-state index contributed by atoms with van der Waals surface area (Å²) in [5.41, 5.74) is 11.6. The van der Waals surface area contributed by atoms with Gasteiger partial charge >= 0.3 is 0 Å². The molecule has 9 rings (SSSR count). The summed E-state index contributed by atoms with van der Waals surface area (Å²) in [4.78, 5) is 0. The van der Waals surface area contributed by atoms with Gasteiger partial charge in [0.25, 0.3) is 0 Å². The first-order chi connectivity index (χ1) is 22.5. The van der Waals surface area contributed by atoms with Crippen LogP contribution in [0, 0.1) is 0 Å². The van der Waals surface area contributed by atoms with Gasteiger partial charge in [-0.3, -0.25) is 0 Å². The van der Waals surface area contributed by atoms with Crippen molar-refractivity contribution in [3.8, 4) is 27.9 Å². The highest BCUT2D eigenvalue weighted by Crippen LogP contribution is 2.52. The average Bonchev–Trinajstić information content (AvgIpc) is 3.43. The first kappa shape index (κ1) is 27.0. The van der Waals surface area contributed by atoms with E-state index in [-0.39, 0.29) is 5.41 Å². The number of benzene rings is 7. The third kappa shape index (κ3) is 3.63. The minimum atomic E-state index is -0.0891. The van der Waals surface area contributed by atoms with Gasteiger partial charge in [-0.15, -0.1) is 0 Å². The van der Waals surface area contributed by atoms with Gasteiger partial charge in [0.1, 0.15) is 0 Å². The minimum Gasteiger partial charge on any atom is -0.309 e. The van der Waals surface area contributed by atoms with Crippen molar-refractivity contribution in [2.24, 2.45) is 0 Å². The zero-order valence-electron chi connectivity index (χ0n) is 26.7. The van der Waals surface area contributed by atoms with Crippen LogP contribution in [0.25, 0.3) is 83.4 Å². The Morgan fingerprint density at radius 3 is 2.11 bits per heavy atom. The molecule has 1 heteroatoms. The Morgan fingerprint density at radius 2 is 1.28 bits per heavy atom. The molecule has 0 N–H and O–H groups in total. The van der Waals surface area contributed by atoms with Crippen LogP contribution < -0.4 is 10.4 Å². The summed E-state index contributed by atoms with van der Waals surface area (Å²) in [6, 6.07) is 47.5. The quantitative estimate of drug-likeness (QED) is 0.189. The van der Waals surface area contributed by atoms with Gasteiger partial charge in [-0.05, 0) is 104 Å². The molecule has 0 fully saturated rings. The van der Waals surface area contributed by atoms with Crippen LogP contribution in [0.3, 0.4) is 0 Å². The predicted octanol–water partition coefficient (Wildman–Crippen LogP) is 10.7. The van der Waals surface area contributed by atoms with Gasteiger partial charge in [-0.25, -0.2) is 0 Å². The van der Waals surface area contributed by atoms with Gasteiger partial charge < -0.3 is 4.57 Å².